The Morgan fingerprint density at radius 3 is 1.97 bits per heavy atom. The lowest BCUT2D eigenvalue weighted by Gasteiger charge is -2.34. The van der Waals surface area contributed by atoms with E-state index in [0.29, 0.717) is 18.7 Å². The number of nitrogens with one attached hydrogen (secondary N) is 2. The number of carbonyl (C=O) groups excluding carboxylic acids is 2. The van der Waals surface area contributed by atoms with Crippen LogP contribution in [0.4, 0.5) is 5.69 Å². The molecule has 33 heavy (non-hydrogen) atoms. The minimum Gasteiger partial charge on any atom is -0.351 e. The third-order valence-electron chi connectivity index (χ3n) is 5.82. The van der Waals surface area contributed by atoms with Crippen LogP contribution in [0.25, 0.3) is 0 Å². The van der Waals surface area contributed by atoms with Gasteiger partial charge in [-0.3, -0.25) is 19.4 Å². The summed E-state index contributed by atoms with van der Waals surface area (Å²) in [5, 5.41) is 5.91. The van der Waals surface area contributed by atoms with Gasteiger partial charge >= 0.3 is 0 Å². The van der Waals surface area contributed by atoms with Crippen LogP contribution in [0.5, 0.6) is 0 Å². The van der Waals surface area contributed by atoms with Gasteiger partial charge in [0.25, 0.3) is 5.91 Å². The van der Waals surface area contributed by atoms with Crippen LogP contribution in [0, 0.1) is 0 Å². The summed E-state index contributed by atoms with van der Waals surface area (Å²) < 4.78 is 0. The van der Waals surface area contributed by atoms with Gasteiger partial charge in [-0.15, -0.1) is 0 Å². The molecule has 2 amide bonds. The van der Waals surface area contributed by atoms with E-state index in [4.69, 9.17) is 0 Å². The zero-order chi connectivity index (χ0) is 22.9. The Kier molecular flexibility index (Phi) is 7.85. The molecule has 3 aromatic rings. The maximum absolute atomic E-state index is 12.4. The second kappa shape index (κ2) is 11.4. The van der Waals surface area contributed by atoms with E-state index in [1.807, 2.05) is 84.9 Å². The van der Waals surface area contributed by atoms with Crippen molar-refractivity contribution in [2.24, 2.45) is 0 Å². The summed E-state index contributed by atoms with van der Waals surface area (Å²) in [6, 6.07) is 27.2. The summed E-state index contributed by atoms with van der Waals surface area (Å²) in [5.74, 6) is -0.0384. The maximum atomic E-state index is 12.4. The quantitative estimate of drug-likeness (QED) is 0.562. The normalized spacial score (nSPS) is 14.5. The first-order chi connectivity index (χ1) is 16.2. The molecule has 0 radical (unpaired) electrons. The van der Waals surface area contributed by atoms with Crippen LogP contribution in [0.15, 0.2) is 84.9 Å². The van der Waals surface area contributed by atoms with Gasteiger partial charge in [0, 0.05) is 50.5 Å². The molecule has 1 aliphatic rings. The van der Waals surface area contributed by atoms with Crippen LogP contribution in [0.1, 0.15) is 21.5 Å². The predicted octanol–water partition coefficient (Wildman–Crippen LogP) is 3.37. The molecule has 1 fully saturated rings. The van der Waals surface area contributed by atoms with Gasteiger partial charge in [0.2, 0.25) is 5.91 Å². The first-order valence-corrected chi connectivity index (χ1v) is 11.4. The summed E-state index contributed by atoms with van der Waals surface area (Å²) in [6.45, 7) is 5.43. The van der Waals surface area contributed by atoms with Crippen LogP contribution < -0.4 is 10.6 Å². The van der Waals surface area contributed by atoms with Crippen molar-refractivity contribution in [3.63, 3.8) is 0 Å². The zero-order valence-electron chi connectivity index (χ0n) is 18.7. The lowest BCUT2D eigenvalue weighted by atomic mass is 10.1. The van der Waals surface area contributed by atoms with Crippen molar-refractivity contribution in [3.05, 3.63) is 102 Å². The van der Waals surface area contributed by atoms with E-state index in [9.17, 15) is 9.59 Å². The van der Waals surface area contributed by atoms with E-state index in [2.05, 4.69) is 20.4 Å². The van der Waals surface area contributed by atoms with E-state index in [0.717, 1.165) is 44.0 Å². The highest BCUT2D eigenvalue weighted by molar-refractivity contribution is 6.04. The first-order valence-electron chi connectivity index (χ1n) is 11.4. The van der Waals surface area contributed by atoms with Gasteiger partial charge in [0.05, 0.1) is 6.54 Å². The molecule has 3 aromatic carbocycles. The second-order valence-electron chi connectivity index (χ2n) is 8.33. The Bertz CT molecular complexity index is 1030. The van der Waals surface area contributed by atoms with Gasteiger partial charge in [0.15, 0.2) is 0 Å². The molecule has 1 heterocycles. The van der Waals surface area contributed by atoms with Gasteiger partial charge in [-0.25, -0.2) is 0 Å². The number of rotatable bonds is 8. The van der Waals surface area contributed by atoms with Crippen molar-refractivity contribution in [1.82, 2.24) is 15.1 Å². The number of anilines is 1. The number of amides is 2. The Morgan fingerprint density at radius 2 is 1.30 bits per heavy atom. The van der Waals surface area contributed by atoms with Crippen LogP contribution in [0.2, 0.25) is 0 Å². The van der Waals surface area contributed by atoms with E-state index in [1.165, 1.54) is 5.56 Å². The highest BCUT2D eigenvalue weighted by atomic mass is 16.2. The molecule has 6 nitrogen and oxygen atoms in total. The Balaban J connectivity index is 1.18. The second-order valence-corrected chi connectivity index (χ2v) is 8.33. The topological polar surface area (TPSA) is 64.7 Å². The summed E-state index contributed by atoms with van der Waals surface area (Å²) >= 11 is 0. The fourth-order valence-electron chi connectivity index (χ4n) is 3.91. The molecule has 4 rings (SSSR count). The lowest BCUT2D eigenvalue weighted by molar-refractivity contribution is -0.122. The third-order valence-corrected chi connectivity index (χ3v) is 5.82. The average molecular weight is 443 g/mol. The first kappa shape index (κ1) is 22.7. The van der Waals surface area contributed by atoms with Gasteiger partial charge < -0.3 is 10.6 Å². The molecule has 0 bridgehead atoms. The molecule has 1 saturated heterocycles. The van der Waals surface area contributed by atoms with Gasteiger partial charge in [-0.05, 0) is 35.4 Å². The van der Waals surface area contributed by atoms with Crippen molar-refractivity contribution in [3.8, 4) is 0 Å². The molecule has 0 atom stereocenters. The van der Waals surface area contributed by atoms with E-state index >= 15 is 0 Å². The van der Waals surface area contributed by atoms with Crippen molar-refractivity contribution in [2.75, 3.05) is 38.0 Å². The molecular weight excluding hydrogens is 412 g/mol. The molecule has 6 heteroatoms. The minimum atomic E-state index is -0.105. The van der Waals surface area contributed by atoms with E-state index in [1.54, 1.807) is 0 Å². The number of benzene rings is 3. The number of carbonyl (C=O) groups is 2. The highest BCUT2D eigenvalue weighted by Crippen LogP contribution is 2.13. The standard InChI is InChI=1S/C27H30N4O2/c32-26(28-19-22-7-3-1-4-8-22)21-31-17-15-30(16-18-31)20-23-11-13-24(14-12-23)27(33)29-25-9-5-2-6-10-25/h1-14H,15-21H2,(H,28,32)(H,29,33). The molecule has 0 aliphatic carbocycles. The molecule has 0 spiro atoms. The number of hydrogen-bond acceptors (Lipinski definition) is 4. The molecule has 1 aliphatic heterocycles. The number of hydrogen-bond donors (Lipinski definition) is 2. The summed E-state index contributed by atoms with van der Waals surface area (Å²) in [5.41, 5.74) is 3.73. The smallest absolute Gasteiger partial charge is 0.255 e. The molecular formula is C27H30N4O2. The van der Waals surface area contributed by atoms with Crippen molar-refractivity contribution >= 4 is 17.5 Å². The van der Waals surface area contributed by atoms with Crippen LogP contribution in [-0.2, 0) is 17.9 Å². The fraction of sp³-hybridized carbons (Fsp3) is 0.259. The van der Waals surface area contributed by atoms with Gasteiger partial charge in [-0.1, -0.05) is 60.7 Å². The molecule has 0 aromatic heterocycles. The Hall–Kier alpha value is -3.48. The van der Waals surface area contributed by atoms with Crippen molar-refractivity contribution in [1.29, 1.82) is 0 Å². The lowest BCUT2D eigenvalue weighted by Crippen LogP contribution is -2.49. The Morgan fingerprint density at radius 1 is 0.697 bits per heavy atom. The maximum Gasteiger partial charge on any atom is 0.255 e. The van der Waals surface area contributed by atoms with Crippen LogP contribution >= 0.6 is 0 Å². The Labute approximate surface area is 195 Å². The predicted molar refractivity (Wildman–Crippen MR) is 131 cm³/mol. The average Bonchev–Trinajstić information content (AvgIpc) is 2.86. The van der Waals surface area contributed by atoms with Crippen molar-refractivity contribution in [2.45, 2.75) is 13.1 Å². The van der Waals surface area contributed by atoms with E-state index < -0.39 is 0 Å². The summed E-state index contributed by atoms with van der Waals surface area (Å²) in [4.78, 5) is 29.3. The molecule has 2 N–H and O–H groups in total. The number of piperazine rings is 1. The fourth-order valence-corrected chi connectivity index (χ4v) is 3.91. The van der Waals surface area contributed by atoms with Crippen LogP contribution in [-0.4, -0.2) is 54.3 Å². The largest absolute Gasteiger partial charge is 0.351 e. The highest BCUT2D eigenvalue weighted by Gasteiger charge is 2.19. The van der Waals surface area contributed by atoms with Gasteiger partial charge in [-0.2, -0.15) is 0 Å². The molecule has 0 saturated carbocycles. The third kappa shape index (κ3) is 7.00. The molecule has 0 unspecified atom stereocenters. The molecule has 170 valence electrons. The SMILES string of the molecule is O=C(CN1CCN(Cc2ccc(C(=O)Nc3ccccc3)cc2)CC1)NCc1ccccc1. The monoisotopic (exact) mass is 442 g/mol. The van der Waals surface area contributed by atoms with Crippen molar-refractivity contribution < 1.29 is 9.59 Å². The zero-order valence-corrected chi connectivity index (χ0v) is 18.7. The summed E-state index contributed by atoms with van der Waals surface area (Å²) in [6.07, 6.45) is 0. The summed E-state index contributed by atoms with van der Waals surface area (Å²) in [7, 11) is 0. The van der Waals surface area contributed by atoms with E-state index in [-0.39, 0.29) is 11.8 Å². The van der Waals surface area contributed by atoms with Crippen LogP contribution in [0.3, 0.4) is 0 Å². The minimum absolute atomic E-state index is 0.0664. The van der Waals surface area contributed by atoms with Gasteiger partial charge in [0.1, 0.15) is 0 Å². The number of nitrogens with zero attached hydrogens (tertiary/aromatic N) is 2. The number of para-hydroxylation sites is 1.